The average molecular weight is 474 g/mol. The number of hydrogen-bond acceptors (Lipinski definition) is 5. The number of quaternary nitrogens is 1. The van der Waals surface area contributed by atoms with Crippen LogP contribution < -0.4 is 17.1 Å². The van der Waals surface area contributed by atoms with E-state index in [-0.39, 0.29) is 35.3 Å². The lowest BCUT2D eigenvalue weighted by Crippen LogP contribution is -3.00. The van der Waals surface area contributed by atoms with Crippen molar-refractivity contribution in [2.45, 2.75) is 54.4 Å². The van der Waals surface area contributed by atoms with Gasteiger partial charge in [0.25, 0.3) is 0 Å². The first-order chi connectivity index (χ1) is 14.1. The zero-order valence-corrected chi connectivity index (χ0v) is 21.7. The van der Waals surface area contributed by atoms with Crippen LogP contribution in [0.15, 0.2) is 24.3 Å². The minimum atomic E-state index is -1.00. The van der Waals surface area contributed by atoms with Gasteiger partial charge >= 0.3 is 17.9 Å². The van der Waals surface area contributed by atoms with Crippen LogP contribution in [0.1, 0.15) is 64.7 Å². The molecule has 0 heterocycles. The second-order valence-corrected chi connectivity index (χ2v) is 9.84. The number of likely N-dealkylation sites (N-methyl/N-ethyl adjacent to an activating group) is 1. The van der Waals surface area contributed by atoms with Gasteiger partial charge in [-0.05, 0) is 64.8 Å². The second-order valence-electron chi connectivity index (χ2n) is 9.84. The van der Waals surface area contributed by atoms with E-state index in [9.17, 15) is 14.4 Å². The maximum atomic E-state index is 11.7. The molecule has 1 aromatic rings. The molecule has 0 fully saturated rings. The first-order valence-electron chi connectivity index (χ1n) is 10.6. The van der Waals surface area contributed by atoms with E-state index in [2.05, 4.69) is 21.1 Å². The number of carbonyl (C=O) groups excluding carboxylic acids is 2. The monoisotopic (exact) mass is 473 g/mol. The van der Waals surface area contributed by atoms with Gasteiger partial charge in [-0.2, -0.15) is 0 Å². The molecule has 7 nitrogen and oxygen atoms in total. The summed E-state index contributed by atoms with van der Waals surface area (Å²) in [5.41, 5.74) is -0.712. The fourth-order valence-corrected chi connectivity index (χ4v) is 1.81. The van der Waals surface area contributed by atoms with E-state index in [1.807, 2.05) is 27.7 Å². The summed E-state index contributed by atoms with van der Waals surface area (Å²) in [4.78, 5) is 33.9. The number of carbonyl (C=O) groups is 3. The molecule has 0 saturated carbocycles. The molecule has 1 rings (SSSR count). The van der Waals surface area contributed by atoms with E-state index < -0.39 is 11.4 Å². The number of esters is 2. The number of nitrogens with zero attached hydrogens (tertiary/aromatic N) is 1. The van der Waals surface area contributed by atoms with Gasteiger partial charge in [0.05, 0.1) is 37.5 Å². The third-order valence-corrected chi connectivity index (χ3v) is 5.18. The fraction of sp³-hybridized carbons (Fsp3) is 0.625. The zero-order valence-electron chi connectivity index (χ0n) is 21.0. The number of hydrogen-bond donors (Lipinski definition) is 1. The highest BCUT2D eigenvalue weighted by molar-refractivity contribution is 5.87. The van der Waals surface area contributed by atoms with Crippen molar-refractivity contribution in [2.75, 3.05) is 34.3 Å². The van der Waals surface area contributed by atoms with Crippen LogP contribution in [0.2, 0.25) is 0 Å². The van der Waals surface area contributed by atoms with Gasteiger partial charge in [-0.3, -0.25) is 9.59 Å². The Morgan fingerprint density at radius 1 is 0.875 bits per heavy atom. The Kier molecular flexibility index (Phi) is 13.5. The summed E-state index contributed by atoms with van der Waals surface area (Å²) in [5, 5.41) is 8.72. The molecule has 0 radical (unpaired) electrons. The maximum absolute atomic E-state index is 11.7. The molecule has 0 aliphatic heterocycles. The predicted octanol–water partition coefficient (Wildman–Crippen LogP) is 1.40. The van der Waals surface area contributed by atoms with Crippen molar-refractivity contribution >= 4 is 17.9 Å². The average Bonchev–Trinajstić information content (AvgIpc) is 2.67. The summed E-state index contributed by atoms with van der Waals surface area (Å²) in [6, 6.07) is 5.77. The minimum Gasteiger partial charge on any atom is -1.00 e. The lowest BCUT2D eigenvalue weighted by Gasteiger charge is -2.25. The number of benzene rings is 1. The molecular formula is C24H40ClNO6. The van der Waals surface area contributed by atoms with Crippen molar-refractivity contribution in [2.24, 2.45) is 10.8 Å². The molecule has 0 aliphatic rings. The van der Waals surface area contributed by atoms with E-state index in [1.54, 1.807) is 13.8 Å². The van der Waals surface area contributed by atoms with Gasteiger partial charge in [-0.25, -0.2) is 4.79 Å². The van der Waals surface area contributed by atoms with Gasteiger partial charge in [0, 0.05) is 0 Å². The van der Waals surface area contributed by atoms with Crippen LogP contribution in [-0.2, 0) is 14.3 Å². The van der Waals surface area contributed by atoms with Crippen molar-refractivity contribution in [1.29, 1.82) is 0 Å². The third-order valence-electron chi connectivity index (χ3n) is 5.18. The van der Waals surface area contributed by atoms with E-state index in [0.717, 1.165) is 17.4 Å². The lowest BCUT2D eigenvalue weighted by molar-refractivity contribution is -0.870. The number of carboxylic acids is 1. The number of carboxylic acid groups (broad SMARTS) is 1. The quantitative estimate of drug-likeness (QED) is 0.331. The van der Waals surface area contributed by atoms with E-state index in [0.29, 0.717) is 18.8 Å². The summed E-state index contributed by atoms with van der Waals surface area (Å²) in [6.45, 7) is 12.7. The highest BCUT2D eigenvalue weighted by Crippen LogP contribution is 2.24. The molecule has 0 spiro atoms. The Labute approximate surface area is 199 Å². The SMILES string of the molecule is CCC(C)(C)C(=O)OCC[N+](C)(C)C.CCC(C)(C)C(=O)Oc1ccc(C(=O)O)cc1.[Cl-]. The van der Waals surface area contributed by atoms with Crippen molar-refractivity contribution in [3.8, 4) is 5.75 Å². The van der Waals surface area contributed by atoms with Crippen LogP contribution >= 0.6 is 0 Å². The topological polar surface area (TPSA) is 89.9 Å². The number of aromatic carboxylic acids is 1. The number of ether oxygens (including phenoxy) is 2. The largest absolute Gasteiger partial charge is 1.00 e. The normalized spacial score (nSPS) is 11.4. The Morgan fingerprint density at radius 3 is 1.69 bits per heavy atom. The van der Waals surface area contributed by atoms with Gasteiger partial charge in [0.15, 0.2) is 0 Å². The van der Waals surface area contributed by atoms with Crippen LogP contribution in [0.3, 0.4) is 0 Å². The second kappa shape index (κ2) is 13.4. The molecule has 0 saturated heterocycles. The molecule has 8 heteroatoms. The Bertz CT molecular complexity index is 736. The van der Waals surface area contributed by atoms with E-state index in [4.69, 9.17) is 14.6 Å². The Balaban J connectivity index is 0. The standard InChI is InChI=1S/C13H16O4.C11H24NO2.ClH/c1-4-13(2,3)12(16)17-10-7-5-9(6-8-10)11(14)15;1-7-11(2,3)10(13)14-9-8-12(4,5)6;/h5-8H,4H2,1-3H3,(H,14,15);7-9H2,1-6H3;1H/q;+1;/p-1. The molecule has 1 N–H and O–H groups in total. The van der Waals surface area contributed by atoms with Crippen LogP contribution in [0.4, 0.5) is 0 Å². The summed E-state index contributed by atoms with van der Waals surface area (Å²) >= 11 is 0. The fourth-order valence-electron chi connectivity index (χ4n) is 1.81. The molecule has 0 amide bonds. The maximum Gasteiger partial charge on any atom is 0.335 e. The minimum absolute atomic E-state index is 0. The first kappa shape index (κ1) is 32.1. The summed E-state index contributed by atoms with van der Waals surface area (Å²) in [6.07, 6.45) is 1.50. The Morgan fingerprint density at radius 2 is 1.31 bits per heavy atom. The molecule has 0 unspecified atom stereocenters. The van der Waals surface area contributed by atoms with Gasteiger partial charge in [-0.1, -0.05) is 13.8 Å². The molecule has 1 aromatic carbocycles. The van der Waals surface area contributed by atoms with Gasteiger partial charge in [0.1, 0.15) is 18.9 Å². The molecule has 0 atom stereocenters. The highest BCUT2D eigenvalue weighted by Gasteiger charge is 2.28. The molecule has 32 heavy (non-hydrogen) atoms. The molecule has 0 aromatic heterocycles. The smallest absolute Gasteiger partial charge is 0.335 e. The van der Waals surface area contributed by atoms with Gasteiger partial charge in [0.2, 0.25) is 0 Å². The van der Waals surface area contributed by atoms with E-state index in [1.165, 1.54) is 24.3 Å². The van der Waals surface area contributed by atoms with Crippen molar-refractivity contribution in [3.63, 3.8) is 0 Å². The Hall–Kier alpha value is -2.12. The van der Waals surface area contributed by atoms with Crippen LogP contribution in [0.25, 0.3) is 0 Å². The molecule has 0 aliphatic carbocycles. The van der Waals surface area contributed by atoms with Crippen LogP contribution in [0.5, 0.6) is 5.75 Å². The van der Waals surface area contributed by atoms with Crippen LogP contribution in [-0.4, -0.2) is 61.8 Å². The lowest BCUT2D eigenvalue weighted by atomic mass is 9.91. The first-order valence-corrected chi connectivity index (χ1v) is 10.6. The van der Waals surface area contributed by atoms with E-state index >= 15 is 0 Å². The highest BCUT2D eigenvalue weighted by atomic mass is 35.5. The summed E-state index contributed by atoms with van der Waals surface area (Å²) in [5.74, 6) is -1.05. The third kappa shape index (κ3) is 12.1. The molecule has 0 bridgehead atoms. The summed E-state index contributed by atoms with van der Waals surface area (Å²) < 4.78 is 11.2. The van der Waals surface area contributed by atoms with Crippen molar-refractivity contribution < 1.29 is 45.9 Å². The summed E-state index contributed by atoms with van der Waals surface area (Å²) in [7, 11) is 6.25. The predicted molar refractivity (Wildman–Crippen MR) is 121 cm³/mol. The van der Waals surface area contributed by atoms with Crippen molar-refractivity contribution in [3.05, 3.63) is 29.8 Å². The van der Waals surface area contributed by atoms with Crippen molar-refractivity contribution in [1.82, 2.24) is 0 Å². The van der Waals surface area contributed by atoms with Gasteiger partial charge < -0.3 is 31.5 Å². The molecule has 184 valence electrons. The molecular weight excluding hydrogens is 434 g/mol. The number of halogens is 1. The van der Waals surface area contributed by atoms with Gasteiger partial charge in [-0.15, -0.1) is 0 Å². The van der Waals surface area contributed by atoms with Crippen LogP contribution in [0, 0.1) is 10.8 Å². The number of rotatable bonds is 9. The zero-order chi connectivity index (χ0) is 24.5.